The first-order chi connectivity index (χ1) is 11.4. The second-order valence-electron chi connectivity index (χ2n) is 5.07. The predicted octanol–water partition coefficient (Wildman–Crippen LogP) is 5.10. The summed E-state index contributed by atoms with van der Waals surface area (Å²) in [6.45, 7) is 2.16. The number of aliphatic carboxylic acids is 1. The molecule has 0 aliphatic heterocycles. The van der Waals surface area contributed by atoms with E-state index in [2.05, 4.69) is 15.9 Å². The van der Waals surface area contributed by atoms with Crippen molar-refractivity contribution < 1.29 is 19.4 Å². The Morgan fingerprint density at radius 1 is 1.33 bits per heavy atom. The molecule has 0 unspecified atom stereocenters. The SMILES string of the molecule is COc1ccc(C=CC(=O)O)cc1COc1c(C)cc(Br)cc1Cl. The van der Waals surface area contributed by atoms with Gasteiger partial charge in [0.15, 0.2) is 0 Å². The molecule has 0 radical (unpaired) electrons. The van der Waals surface area contributed by atoms with Gasteiger partial charge in [0.1, 0.15) is 18.1 Å². The Balaban J connectivity index is 2.25. The van der Waals surface area contributed by atoms with Crippen LogP contribution in [-0.2, 0) is 11.4 Å². The Kier molecular flexibility index (Phi) is 6.29. The van der Waals surface area contributed by atoms with E-state index in [1.165, 1.54) is 6.08 Å². The van der Waals surface area contributed by atoms with Crippen molar-refractivity contribution in [2.45, 2.75) is 13.5 Å². The molecule has 0 heterocycles. The minimum Gasteiger partial charge on any atom is -0.496 e. The molecule has 2 rings (SSSR count). The van der Waals surface area contributed by atoms with Crippen LogP contribution in [0.15, 0.2) is 40.9 Å². The van der Waals surface area contributed by atoms with Crippen LogP contribution in [0.1, 0.15) is 16.7 Å². The number of hydrogen-bond acceptors (Lipinski definition) is 3. The topological polar surface area (TPSA) is 55.8 Å². The lowest BCUT2D eigenvalue weighted by Crippen LogP contribution is -2.01. The maximum Gasteiger partial charge on any atom is 0.328 e. The van der Waals surface area contributed by atoms with Gasteiger partial charge in [-0.3, -0.25) is 0 Å². The first-order valence-corrected chi connectivity index (χ1v) is 8.24. The minimum absolute atomic E-state index is 0.250. The molecule has 2 aromatic carbocycles. The fraction of sp³-hybridized carbons (Fsp3) is 0.167. The molecule has 0 saturated carbocycles. The molecule has 0 aromatic heterocycles. The van der Waals surface area contributed by atoms with Gasteiger partial charge in [0.05, 0.1) is 12.1 Å². The molecule has 0 spiro atoms. The zero-order valence-electron chi connectivity index (χ0n) is 13.2. The van der Waals surface area contributed by atoms with Gasteiger partial charge in [-0.1, -0.05) is 33.6 Å². The molecule has 24 heavy (non-hydrogen) atoms. The third-order valence-electron chi connectivity index (χ3n) is 3.29. The zero-order valence-corrected chi connectivity index (χ0v) is 15.5. The number of aryl methyl sites for hydroxylation is 1. The standard InChI is InChI=1S/C18H16BrClO4/c1-11-7-14(19)9-15(20)18(11)24-10-13-8-12(4-6-17(21)22)3-5-16(13)23-2/h3-9H,10H2,1-2H3,(H,21,22). The van der Waals surface area contributed by atoms with Crippen LogP contribution in [0.25, 0.3) is 6.08 Å². The first kappa shape index (κ1) is 18.4. The highest BCUT2D eigenvalue weighted by Crippen LogP contribution is 2.33. The van der Waals surface area contributed by atoms with E-state index >= 15 is 0 Å². The molecule has 0 atom stereocenters. The van der Waals surface area contributed by atoms with Crippen molar-refractivity contribution >= 4 is 39.6 Å². The molecular weight excluding hydrogens is 396 g/mol. The summed E-state index contributed by atoms with van der Waals surface area (Å²) >= 11 is 9.62. The largest absolute Gasteiger partial charge is 0.496 e. The summed E-state index contributed by atoms with van der Waals surface area (Å²) in [5, 5.41) is 9.24. The Morgan fingerprint density at radius 2 is 2.08 bits per heavy atom. The van der Waals surface area contributed by atoms with E-state index in [0.29, 0.717) is 16.5 Å². The number of carboxylic acid groups (broad SMARTS) is 1. The molecule has 0 aliphatic carbocycles. The first-order valence-electron chi connectivity index (χ1n) is 7.07. The zero-order chi connectivity index (χ0) is 17.7. The van der Waals surface area contributed by atoms with Crippen LogP contribution in [0.4, 0.5) is 0 Å². The quantitative estimate of drug-likeness (QED) is 0.672. The summed E-state index contributed by atoms with van der Waals surface area (Å²) < 4.78 is 12.1. The summed E-state index contributed by atoms with van der Waals surface area (Å²) in [4.78, 5) is 10.6. The van der Waals surface area contributed by atoms with E-state index in [1.54, 1.807) is 25.3 Å². The van der Waals surface area contributed by atoms with Crippen LogP contribution in [0.3, 0.4) is 0 Å². The van der Waals surface area contributed by atoms with Crippen molar-refractivity contribution in [1.82, 2.24) is 0 Å². The van der Waals surface area contributed by atoms with Crippen molar-refractivity contribution in [3.63, 3.8) is 0 Å². The third kappa shape index (κ3) is 4.76. The highest BCUT2D eigenvalue weighted by molar-refractivity contribution is 9.10. The van der Waals surface area contributed by atoms with E-state index in [-0.39, 0.29) is 6.61 Å². The molecule has 2 aromatic rings. The molecule has 0 amide bonds. The van der Waals surface area contributed by atoms with E-state index in [1.807, 2.05) is 19.1 Å². The molecule has 0 aliphatic rings. The number of benzene rings is 2. The number of halogens is 2. The maximum atomic E-state index is 10.6. The number of methoxy groups -OCH3 is 1. The third-order valence-corrected chi connectivity index (χ3v) is 4.03. The highest BCUT2D eigenvalue weighted by atomic mass is 79.9. The van der Waals surface area contributed by atoms with E-state index in [9.17, 15) is 4.79 Å². The van der Waals surface area contributed by atoms with E-state index in [0.717, 1.165) is 27.2 Å². The van der Waals surface area contributed by atoms with E-state index < -0.39 is 5.97 Å². The molecule has 0 fully saturated rings. The van der Waals surface area contributed by atoms with Gasteiger partial charge in [-0.15, -0.1) is 0 Å². The fourth-order valence-corrected chi connectivity index (χ4v) is 3.23. The van der Waals surface area contributed by atoms with Gasteiger partial charge in [-0.05, 0) is 48.4 Å². The summed E-state index contributed by atoms with van der Waals surface area (Å²) in [7, 11) is 1.57. The van der Waals surface area contributed by atoms with Crippen molar-refractivity contribution in [3.05, 3.63) is 62.6 Å². The van der Waals surface area contributed by atoms with Crippen LogP contribution in [-0.4, -0.2) is 18.2 Å². The van der Waals surface area contributed by atoms with Crippen LogP contribution in [0.5, 0.6) is 11.5 Å². The van der Waals surface area contributed by atoms with Gasteiger partial charge in [0, 0.05) is 16.1 Å². The second-order valence-corrected chi connectivity index (χ2v) is 6.39. The average molecular weight is 412 g/mol. The van der Waals surface area contributed by atoms with Gasteiger partial charge in [-0.2, -0.15) is 0 Å². The van der Waals surface area contributed by atoms with Gasteiger partial charge >= 0.3 is 5.97 Å². The number of ether oxygens (including phenoxy) is 2. The van der Waals surface area contributed by atoms with Crippen LogP contribution >= 0.6 is 27.5 Å². The van der Waals surface area contributed by atoms with Crippen molar-refractivity contribution in [2.24, 2.45) is 0 Å². The molecular formula is C18H16BrClO4. The predicted molar refractivity (Wildman–Crippen MR) is 97.9 cm³/mol. The van der Waals surface area contributed by atoms with Gasteiger partial charge in [0.25, 0.3) is 0 Å². The minimum atomic E-state index is -0.999. The van der Waals surface area contributed by atoms with E-state index in [4.69, 9.17) is 26.2 Å². The maximum absolute atomic E-state index is 10.6. The lowest BCUT2D eigenvalue weighted by atomic mass is 10.1. The van der Waals surface area contributed by atoms with Gasteiger partial charge < -0.3 is 14.6 Å². The van der Waals surface area contributed by atoms with Crippen LogP contribution in [0, 0.1) is 6.92 Å². The Bertz CT molecular complexity index is 764. The lowest BCUT2D eigenvalue weighted by Gasteiger charge is -2.14. The van der Waals surface area contributed by atoms with Crippen molar-refractivity contribution in [1.29, 1.82) is 0 Å². The Labute approximate surface area is 153 Å². The molecule has 126 valence electrons. The smallest absolute Gasteiger partial charge is 0.328 e. The normalized spacial score (nSPS) is 10.8. The monoisotopic (exact) mass is 410 g/mol. The summed E-state index contributed by atoms with van der Waals surface area (Å²) in [6.07, 6.45) is 2.60. The van der Waals surface area contributed by atoms with Crippen molar-refractivity contribution in [2.75, 3.05) is 7.11 Å². The number of carbonyl (C=O) groups is 1. The van der Waals surface area contributed by atoms with Crippen LogP contribution in [0.2, 0.25) is 5.02 Å². The Morgan fingerprint density at radius 3 is 2.71 bits per heavy atom. The lowest BCUT2D eigenvalue weighted by molar-refractivity contribution is -0.131. The van der Waals surface area contributed by atoms with Crippen LogP contribution < -0.4 is 9.47 Å². The molecule has 1 N–H and O–H groups in total. The summed E-state index contributed by atoms with van der Waals surface area (Å²) in [5.41, 5.74) is 2.45. The average Bonchev–Trinajstić information content (AvgIpc) is 2.52. The van der Waals surface area contributed by atoms with Crippen molar-refractivity contribution in [3.8, 4) is 11.5 Å². The molecule has 0 bridgehead atoms. The molecule has 4 nitrogen and oxygen atoms in total. The second kappa shape index (κ2) is 8.22. The Hall–Kier alpha value is -1.98. The highest BCUT2D eigenvalue weighted by Gasteiger charge is 2.10. The molecule has 6 heteroatoms. The number of carboxylic acids is 1. The van der Waals surface area contributed by atoms with Gasteiger partial charge in [-0.25, -0.2) is 4.79 Å². The summed E-state index contributed by atoms with van der Waals surface area (Å²) in [6, 6.07) is 9.06. The fourth-order valence-electron chi connectivity index (χ4n) is 2.20. The number of hydrogen-bond donors (Lipinski definition) is 1. The van der Waals surface area contributed by atoms with Gasteiger partial charge in [0.2, 0.25) is 0 Å². The molecule has 0 saturated heterocycles. The number of rotatable bonds is 6. The summed E-state index contributed by atoms with van der Waals surface area (Å²) in [5.74, 6) is 0.266.